The molecule has 0 aromatic heterocycles. The minimum atomic E-state index is -0.237. The minimum Gasteiger partial charge on any atom is -0.370 e. The predicted molar refractivity (Wildman–Crippen MR) is 80.9 cm³/mol. The molecule has 2 rings (SSSR count). The van der Waals surface area contributed by atoms with Crippen LogP contribution in [0.5, 0.6) is 0 Å². The number of hydrogen-bond acceptors (Lipinski definition) is 4. The molecule has 1 aliphatic rings. The summed E-state index contributed by atoms with van der Waals surface area (Å²) in [5.41, 5.74) is 0.951. The lowest BCUT2D eigenvalue weighted by atomic mass is 10.1. The van der Waals surface area contributed by atoms with Gasteiger partial charge in [0.15, 0.2) is 0 Å². The lowest BCUT2D eigenvalue weighted by molar-refractivity contribution is -0.136. The molecule has 0 spiro atoms. The van der Waals surface area contributed by atoms with Crippen molar-refractivity contribution in [2.24, 2.45) is 0 Å². The van der Waals surface area contributed by atoms with Gasteiger partial charge < -0.3 is 10.1 Å². The van der Waals surface area contributed by atoms with E-state index in [4.69, 9.17) is 10.00 Å². The summed E-state index contributed by atoms with van der Waals surface area (Å²) in [6.45, 7) is 7.88. The fourth-order valence-corrected chi connectivity index (χ4v) is 2.78. The highest BCUT2D eigenvalue weighted by Gasteiger charge is 2.31. The largest absolute Gasteiger partial charge is 0.370 e. The Bertz CT molecular complexity index is 563. The lowest BCUT2D eigenvalue weighted by Gasteiger charge is -2.41. The number of nitriles is 1. The summed E-state index contributed by atoms with van der Waals surface area (Å²) in [4.78, 5) is 14.2. The summed E-state index contributed by atoms with van der Waals surface area (Å²) < 4.78 is 5.82. The quantitative estimate of drug-likeness (QED) is 0.923. The molecule has 1 aromatic carbocycles. The van der Waals surface area contributed by atoms with Crippen LogP contribution in [0.25, 0.3) is 0 Å². The number of nitrogens with zero attached hydrogens (tertiary/aromatic N) is 2. The molecule has 1 aliphatic heterocycles. The van der Waals surface area contributed by atoms with Gasteiger partial charge in [-0.2, -0.15) is 5.26 Å². The smallest absolute Gasteiger partial charge is 0.238 e. The Hall–Kier alpha value is -1.90. The van der Waals surface area contributed by atoms with Crippen molar-refractivity contribution in [2.75, 3.05) is 25.0 Å². The average Bonchev–Trinajstić information content (AvgIpc) is 2.36. The highest BCUT2D eigenvalue weighted by atomic mass is 16.5. The molecular weight excluding hydrogens is 266 g/mol. The van der Waals surface area contributed by atoms with Gasteiger partial charge in [-0.15, -0.1) is 0 Å². The second-order valence-corrected chi connectivity index (χ2v) is 6.10. The summed E-state index contributed by atoms with van der Waals surface area (Å²) in [6.07, 6.45) is 0.114. The number of rotatable bonds is 3. The molecule has 21 heavy (non-hydrogen) atoms. The van der Waals surface area contributed by atoms with Crippen LogP contribution in [0.2, 0.25) is 0 Å². The van der Waals surface area contributed by atoms with Crippen molar-refractivity contribution >= 4 is 11.6 Å². The lowest BCUT2D eigenvalue weighted by Crippen LogP contribution is -2.53. The molecule has 1 saturated heterocycles. The Morgan fingerprint density at radius 3 is 3.00 bits per heavy atom. The van der Waals surface area contributed by atoms with Gasteiger partial charge in [-0.3, -0.25) is 9.69 Å². The molecule has 112 valence electrons. The van der Waals surface area contributed by atoms with Crippen molar-refractivity contribution in [2.45, 2.75) is 32.5 Å². The first-order chi connectivity index (χ1) is 9.88. The normalized spacial score (nSPS) is 21.5. The van der Waals surface area contributed by atoms with E-state index in [1.165, 1.54) is 0 Å². The van der Waals surface area contributed by atoms with Gasteiger partial charge in [0, 0.05) is 18.8 Å². The first-order valence-corrected chi connectivity index (χ1v) is 7.08. The van der Waals surface area contributed by atoms with E-state index in [-0.39, 0.29) is 17.6 Å². The molecule has 1 atom stereocenters. The molecule has 1 unspecified atom stereocenters. The monoisotopic (exact) mass is 287 g/mol. The molecule has 1 heterocycles. The van der Waals surface area contributed by atoms with Gasteiger partial charge in [0.25, 0.3) is 0 Å². The van der Waals surface area contributed by atoms with Gasteiger partial charge in [0.05, 0.1) is 29.9 Å². The van der Waals surface area contributed by atoms with E-state index in [0.29, 0.717) is 17.8 Å². The van der Waals surface area contributed by atoms with Crippen molar-refractivity contribution in [3.05, 3.63) is 29.8 Å². The maximum absolute atomic E-state index is 12.1. The third-order valence-corrected chi connectivity index (χ3v) is 3.28. The van der Waals surface area contributed by atoms with E-state index in [1.54, 1.807) is 24.3 Å². The summed E-state index contributed by atoms with van der Waals surface area (Å²) in [5.74, 6) is -0.0741. The average molecular weight is 287 g/mol. The van der Waals surface area contributed by atoms with Gasteiger partial charge in [0.1, 0.15) is 0 Å². The zero-order valence-electron chi connectivity index (χ0n) is 12.7. The summed E-state index contributed by atoms with van der Waals surface area (Å²) >= 11 is 0. The maximum atomic E-state index is 12.1. The van der Waals surface area contributed by atoms with Crippen LogP contribution in [-0.4, -0.2) is 42.1 Å². The van der Waals surface area contributed by atoms with Gasteiger partial charge >= 0.3 is 0 Å². The molecule has 0 bridgehead atoms. The third kappa shape index (κ3) is 4.55. The maximum Gasteiger partial charge on any atom is 0.238 e. The number of carbonyl (C=O) groups excluding carboxylic acids is 1. The number of amides is 1. The number of hydrogen-bond donors (Lipinski definition) is 1. The molecule has 0 radical (unpaired) electrons. The number of ether oxygens (including phenoxy) is 1. The summed E-state index contributed by atoms with van der Waals surface area (Å²) in [5, 5.41) is 11.7. The third-order valence-electron chi connectivity index (χ3n) is 3.28. The highest BCUT2D eigenvalue weighted by molar-refractivity contribution is 5.92. The molecule has 1 amide bonds. The Kier molecular flexibility index (Phi) is 4.61. The number of nitrogens with one attached hydrogen (secondary N) is 1. The van der Waals surface area contributed by atoms with E-state index < -0.39 is 0 Å². The summed E-state index contributed by atoms with van der Waals surface area (Å²) in [7, 11) is 0. The first kappa shape index (κ1) is 15.5. The topological polar surface area (TPSA) is 65.4 Å². The second-order valence-electron chi connectivity index (χ2n) is 6.10. The van der Waals surface area contributed by atoms with Crippen molar-refractivity contribution in [3.63, 3.8) is 0 Å². The first-order valence-electron chi connectivity index (χ1n) is 7.08. The van der Waals surface area contributed by atoms with Crippen LogP contribution in [-0.2, 0) is 9.53 Å². The van der Waals surface area contributed by atoms with Gasteiger partial charge in [-0.25, -0.2) is 0 Å². The Morgan fingerprint density at radius 1 is 1.57 bits per heavy atom. The predicted octanol–water partition coefficient (Wildman–Crippen LogP) is 2.00. The van der Waals surface area contributed by atoms with E-state index in [1.807, 2.05) is 20.8 Å². The molecule has 1 fully saturated rings. The standard InChI is InChI=1S/C16H21N3O2/c1-12-9-19(11-16(2,3)21-12)10-15(20)18-14-6-4-5-13(7-14)8-17/h4-7,12H,9-11H2,1-3H3,(H,18,20). The Morgan fingerprint density at radius 2 is 2.33 bits per heavy atom. The molecular formula is C16H21N3O2. The number of anilines is 1. The molecule has 1 N–H and O–H groups in total. The second kappa shape index (κ2) is 6.25. The van der Waals surface area contributed by atoms with E-state index >= 15 is 0 Å². The van der Waals surface area contributed by atoms with Crippen molar-refractivity contribution < 1.29 is 9.53 Å². The number of morpholine rings is 1. The fourth-order valence-electron chi connectivity index (χ4n) is 2.78. The Balaban J connectivity index is 1.94. The van der Waals surface area contributed by atoms with Crippen LogP contribution in [0.1, 0.15) is 26.3 Å². The van der Waals surface area contributed by atoms with Crippen LogP contribution < -0.4 is 5.32 Å². The molecule has 0 aliphatic carbocycles. The van der Waals surface area contributed by atoms with Crippen LogP contribution in [0, 0.1) is 11.3 Å². The molecule has 1 aromatic rings. The highest BCUT2D eigenvalue weighted by Crippen LogP contribution is 2.20. The van der Waals surface area contributed by atoms with Gasteiger partial charge in [-0.05, 0) is 39.0 Å². The van der Waals surface area contributed by atoms with Gasteiger partial charge in [-0.1, -0.05) is 6.07 Å². The SMILES string of the molecule is CC1CN(CC(=O)Nc2cccc(C#N)c2)CC(C)(C)O1. The summed E-state index contributed by atoms with van der Waals surface area (Å²) in [6, 6.07) is 8.98. The molecule has 5 nitrogen and oxygen atoms in total. The molecule has 5 heteroatoms. The van der Waals surface area contributed by atoms with Crippen molar-refractivity contribution in [1.82, 2.24) is 4.90 Å². The van der Waals surface area contributed by atoms with Gasteiger partial charge in [0.2, 0.25) is 5.91 Å². The van der Waals surface area contributed by atoms with E-state index in [0.717, 1.165) is 13.1 Å². The number of benzene rings is 1. The van der Waals surface area contributed by atoms with Crippen molar-refractivity contribution in [3.8, 4) is 6.07 Å². The molecule has 0 saturated carbocycles. The van der Waals surface area contributed by atoms with Crippen LogP contribution >= 0.6 is 0 Å². The number of carbonyl (C=O) groups is 1. The van der Waals surface area contributed by atoms with Crippen LogP contribution in [0.15, 0.2) is 24.3 Å². The fraction of sp³-hybridized carbons (Fsp3) is 0.500. The van der Waals surface area contributed by atoms with Crippen molar-refractivity contribution in [1.29, 1.82) is 5.26 Å². The van der Waals surface area contributed by atoms with Crippen LogP contribution in [0.4, 0.5) is 5.69 Å². The Labute approximate surface area is 125 Å². The van der Waals surface area contributed by atoms with E-state index in [9.17, 15) is 4.79 Å². The minimum absolute atomic E-state index is 0.0741. The van der Waals surface area contributed by atoms with Crippen LogP contribution in [0.3, 0.4) is 0 Å². The van der Waals surface area contributed by atoms with E-state index in [2.05, 4.69) is 16.3 Å². The zero-order valence-corrected chi connectivity index (χ0v) is 12.7. The zero-order chi connectivity index (χ0) is 15.5.